The molecule has 0 bridgehead atoms. The summed E-state index contributed by atoms with van der Waals surface area (Å²) in [5.41, 5.74) is 2.13. The van der Waals surface area contributed by atoms with Crippen LogP contribution in [0.1, 0.15) is 30.9 Å². The Morgan fingerprint density at radius 1 is 1.25 bits per heavy atom. The molecule has 1 heterocycles. The first-order chi connectivity index (χ1) is 9.63. The fourth-order valence-electron chi connectivity index (χ4n) is 1.78. The number of rotatable bonds is 7. The first-order valence-corrected chi connectivity index (χ1v) is 6.98. The summed E-state index contributed by atoms with van der Waals surface area (Å²) < 4.78 is 10.9. The van der Waals surface area contributed by atoms with Gasteiger partial charge in [0.15, 0.2) is 5.76 Å². The first kappa shape index (κ1) is 14.6. The van der Waals surface area contributed by atoms with E-state index in [1.165, 1.54) is 5.56 Å². The maximum atomic E-state index is 5.65. The molecule has 0 fully saturated rings. The number of aromatic nitrogens is 1. The molecule has 108 valence electrons. The lowest BCUT2D eigenvalue weighted by Crippen LogP contribution is -2.19. The van der Waals surface area contributed by atoms with Gasteiger partial charge in [-0.05, 0) is 31.5 Å². The van der Waals surface area contributed by atoms with Crippen LogP contribution in [0.15, 0.2) is 34.9 Å². The molecule has 0 aliphatic rings. The standard InChI is InChI=1S/C16H22N2O2/c1-12(2)9-17-10-14-8-16(20-18-14)11-19-15-6-4-13(3)5-7-15/h4-8,12,17H,9-11H2,1-3H3. The van der Waals surface area contributed by atoms with Crippen molar-refractivity contribution in [3.8, 4) is 5.75 Å². The molecular weight excluding hydrogens is 252 g/mol. The lowest BCUT2D eigenvalue weighted by atomic mass is 10.2. The molecule has 0 atom stereocenters. The van der Waals surface area contributed by atoms with Crippen LogP contribution in [-0.4, -0.2) is 11.7 Å². The van der Waals surface area contributed by atoms with Crippen molar-refractivity contribution in [3.05, 3.63) is 47.3 Å². The molecule has 1 aromatic carbocycles. The fourth-order valence-corrected chi connectivity index (χ4v) is 1.78. The van der Waals surface area contributed by atoms with Gasteiger partial charge >= 0.3 is 0 Å². The lowest BCUT2D eigenvalue weighted by molar-refractivity contribution is 0.248. The Morgan fingerprint density at radius 2 is 2.00 bits per heavy atom. The van der Waals surface area contributed by atoms with Gasteiger partial charge in [-0.1, -0.05) is 36.7 Å². The number of hydrogen-bond acceptors (Lipinski definition) is 4. The van der Waals surface area contributed by atoms with Crippen LogP contribution in [0.2, 0.25) is 0 Å². The summed E-state index contributed by atoms with van der Waals surface area (Å²) in [5, 5.41) is 7.35. The Morgan fingerprint density at radius 3 is 2.70 bits per heavy atom. The van der Waals surface area contributed by atoms with Crippen molar-refractivity contribution in [2.75, 3.05) is 6.54 Å². The first-order valence-electron chi connectivity index (χ1n) is 6.98. The van der Waals surface area contributed by atoms with Crippen molar-refractivity contribution in [1.29, 1.82) is 0 Å². The number of aryl methyl sites for hydroxylation is 1. The summed E-state index contributed by atoms with van der Waals surface area (Å²) in [6.07, 6.45) is 0. The second kappa shape index (κ2) is 7.10. The Labute approximate surface area is 120 Å². The van der Waals surface area contributed by atoms with Crippen LogP contribution in [0.25, 0.3) is 0 Å². The molecule has 0 saturated carbocycles. The van der Waals surface area contributed by atoms with Crippen molar-refractivity contribution in [2.24, 2.45) is 5.92 Å². The van der Waals surface area contributed by atoms with E-state index in [9.17, 15) is 0 Å². The van der Waals surface area contributed by atoms with E-state index in [-0.39, 0.29) is 0 Å². The third-order valence-electron chi connectivity index (χ3n) is 2.87. The maximum absolute atomic E-state index is 5.65. The minimum absolute atomic E-state index is 0.403. The van der Waals surface area contributed by atoms with Gasteiger partial charge in [0, 0.05) is 12.6 Å². The molecule has 0 aliphatic heterocycles. The predicted octanol–water partition coefficient (Wildman–Crippen LogP) is 3.31. The molecule has 20 heavy (non-hydrogen) atoms. The van der Waals surface area contributed by atoms with Crippen LogP contribution >= 0.6 is 0 Å². The average molecular weight is 274 g/mol. The van der Waals surface area contributed by atoms with Gasteiger partial charge < -0.3 is 14.6 Å². The van der Waals surface area contributed by atoms with Crippen LogP contribution in [0.4, 0.5) is 0 Å². The highest BCUT2D eigenvalue weighted by Gasteiger charge is 2.05. The minimum atomic E-state index is 0.403. The van der Waals surface area contributed by atoms with Crippen molar-refractivity contribution >= 4 is 0 Å². The van der Waals surface area contributed by atoms with E-state index in [1.54, 1.807) is 0 Å². The van der Waals surface area contributed by atoms with Crippen molar-refractivity contribution < 1.29 is 9.26 Å². The van der Waals surface area contributed by atoms with E-state index in [0.29, 0.717) is 12.5 Å². The minimum Gasteiger partial charge on any atom is -0.486 e. The molecule has 4 heteroatoms. The Balaban J connectivity index is 1.79. The molecule has 0 unspecified atom stereocenters. The summed E-state index contributed by atoms with van der Waals surface area (Å²) in [4.78, 5) is 0. The average Bonchev–Trinajstić information content (AvgIpc) is 2.86. The van der Waals surface area contributed by atoms with Crippen LogP contribution in [-0.2, 0) is 13.2 Å². The lowest BCUT2D eigenvalue weighted by Gasteiger charge is -2.04. The number of ether oxygens (including phenoxy) is 1. The number of benzene rings is 1. The third-order valence-corrected chi connectivity index (χ3v) is 2.87. The van der Waals surface area contributed by atoms with Crippen LogP contribution in [0.5, 0.6) is 5.75 Å². The van der Waals surface area contributed by atoms with Gasteiger partial charge in [-0.2, -0.15) is 0 Å². The van der Waals surface area contributed by atoms with Crippen molar-refractivity contribution in [1.82, 2.24) is 10.5 Å². The van der Waals surface area contributed by atoms with Gasteiger partial charge in [0.25, 0.3) is 0 Å². The second-order valence-electron chi connectivity index (χ2n) is 5.41. The summed E-state index contributed by atoms with van der Waals surface area (Å²) in [7, 11) is 0. The Hall–Kier alpha value is -1.81. The van der Waals surface area contributed by atoms with E-state index in [2.05, 4.69) is 31.2 Å². The van der Waals surface area contributed by atoms with E-state index in [1.807, 2.05) is 30.3 Å². The molecule has 0 aliphatic carbocycles. The smallest absolute Gasteiger partial charge is 0.174 e. The van der Waals surface area contributed by atoms with Crippen LogP contribution < -0.4 is 10.1 Å². The zero-order chi connectivity index (χ0) is 14.4. The van der Waals surface area contributed by atoms with Gasteiger partial charge in [-0.15, -0.1) is 0 Å². The zero-order valence-electron chi connectivity index (χ0n) is 12.3. The molecule has 0 amide bonds. The second-order valence-corrected chi connectivity index (χ2v) is 5.41. The summed E-state index contributed by atoms with van der Waals surface area (Å²) >= 11 is 0. The van der Waals surface area contributed by atoms with Gasteiger partial charge in [0.05, 0.1) is 5.69 Å². The molecular formula is C16H22N2O2. The fraction of sp³-hybridized carbons (Fsp3) is 0.438. The molecule has 1 N–H and O–H groups in total. The topological polar surface area (TPSA) is 47.3 Å². The van der Waals surface area contributed by atoms with Crippen LogP contribution in [0, 0.1) is 12.8 Å². The van der Waals surface area contributed by atoms with E-state index < -0.39 is 0 Å². The van der Waals surface area contributed by atoms with E-state index >= 15 is 0 Å². The molecule has 2 aromatic rings. The molecule has 0 saturated heterocycles. The summed E-state index contributed by atoms with van der Waals surface area (Å²) in [5.74, 6) is 2.21. The van der Waals surface area contributed by atoms with Crippen molar-refractivity contribution in [3.63, 3.8) is 0 Å². The van der Waals surface area contributed by atoms with Gasteiger partial charge in [0.2, 0.25) is 0 Å². The summed E-state index contributed by atoms with van der Waals surface area (Å²) in [6, 6.07) is 9.89. The van der Waals surface area contributed by atoms with Gasteiger partial charge in [0.1, 0.15) is 12.4 Å². The molecule has 2 rings (SSSR count). The highest BCUT2D eigenvalue weighted by atomic mass is 16.5. The number of nitrogens with one attached hydrogen (secondary N) is 1. The van der Waals surface area contributed by atoms with Crippen LogP contribution in [0.3, 0.4) is 0 Å². The predicted molar refractivity (Wildman–Crippen MR) is 78.6 cm³/mol. The normalized spacial score (nSPS) is 11.0. The van der Waals surface area contributed by atoms with E-state index in [0.717, 1.165) is 30.3 Å². The van der Waals surface area contributed by atoms with Gasteiger partial charge in [-0.25, -0.2) is 0 Å². The van der Waals surface area contributed by atoms with E-state index in [4.69, 9.17) is 9.26 Å². The SMILES string of the molecule is Cc1ccc(OCc2cc(CNCC(C)C)no2)cc1. The molecule has 0 spiro atoms. The molecule has 4 nitrogen and oxygen atoms in total. The Kier molecular flexibility index (Phi) is 5.18. The highest BCUT2D eigenvalue weighted by molar-refractivity contribution is 5.26. The third kappa shape index (κ3) is 4.70. The van der Waals surface area contributed by atoms with Crippen molar-refractivity contribution in [2.45, 2.75) is 33.9 Å². The number of hydrogen-bond donors (Lipinski definition) is 1. The Bertz CT molecular complexity index is 518. The maximum Gasteiger partial charge on any atom is 0.174 e. The summed E-state index contributed by atoms with van der Waals surface area (Å²) in [6.45, 7) is 8.51. The highest BCUT2D eigenvalue weighted by Crippen LogP contribution is 2.14. The zero-order valence-corrected chi connectivity index (χ0v) is 12.3. The molecule has 0 radical (unpaired) electrons. The quantitative estimate of drug-likeness (QED) is 0.841. The van der Waals surface area contributed by atoms with Gasteiger partial charge in [-0.3, -0.25) is 0 Å². The monoisotopic (exact) mass is 274 g/mol. The number of nitrogens with zero attached hydrogens (tertiary/aromatic N) is 1. The molecule has 1 aromatic heterocycles. The largest absolute Gasteiger partial charge is 0.486 e.